The van der Waals surface area contributed by atoms with Crippen LogP contribution in [0.3, 0.4) is 0 Å². The number of hydrogen-bond acceptors (Lipinski definition) is 8. The summed E-state index contributed by atoms with van der Waals surface area (Å²) < 4.78 is 21.2. The molecule has 5 aromatic rings. The number of nitrogens with one attached hydrogen (secondary N) is 3. The highest BCUT2D eigenvalue weighted by Gasteiger charge is 2.26. The lowest BCUT2D eigenvalue weighted by atomic mass is 10.0. The molecule has 0 spiro atoms. The van der Waals surface area contributed by atoms with Crippen LogP contribution in [0.25, 0.3) is 23.0 Å². The smallest absolute Gasteiger partial charge is 0.411 e. The quantitative estimate of drug-likeness (QED) is 0.208. The van der Waals surface area contributed by atoms with Gasteiger partial charge in [-0.05, 0) is 76.5 Å². The van der Waals surface area contributed by atoms with Gasteiger partial charge >= 0.3 is 6.09 Å². The molecular formula is C32H26Cl2FN9O4. The number of halogens is 3. The number of carbonyl (C=O) groups excluding carboxylic acids is 3. The van der Waals surface area contributed by atoms with Crippen molar-refractivity contribution in [3.63, 3.8) is 0 Å². The van der Waals surface area contributed by atoms with Crippen molar-refractivity contribution in [2.24, 2.45) is 0 Å². The lowest BCUT2D eigenvalue weighted by Gasteiger charge is -2.21. The second-order valence-electron chi connectivity index (χ2n) is 10.8. The molecule has 16 heteroatoms. The number of methoxy groups -OCH3 is 1. The number of amides is 3. The van der Waals surface area contributed by atoms with Crippen LogP contribution in [0, 0.1) is 5.82 Å². The largest absolute Gasteiger partial charge is 0.453 e. The third-order valence-corrected chi connectivity index (χ3v) is 8.08. The molecule has 48 heavy (non-hydrogen) atoms. The number of anilines is 1. The minimum atomic E-state index is -0.789. The predicted molar refractivity (Wildman–Crippen MR) is 175 cm³/mol. The highest BCUT2D eigenvalue weighted by atomic mass is 35.5. The van der Waals surface area contributed by atoms with Crippen LogP contribution in [0.1, 0.15) is 38.9 Å². The van der Waals surface area contributed by atoms with Crippen molar-refractivity contribution in [1.29, 1.82) is 0 Å². The van der Waals surface area contributed by atoms with Crippen LogP contribution >= 0.6 is 23.2 Å². The van der Waals surface area contributed by atoms with Crippen LogP contribution < -0.4 is 10.6 Å². The summed E-state index contributed by atoms with van der Waals surface area (Å²) in [7, 11) is 2.78. The van der Waals surface area contributed by atoms with E-state index < -0.39 is 29.8 Å². The van der Waals surface area contributed by atoms with Gasteiger partial charge in [0.25, 0.3) is 5.91 Å². The van der Waals surface area contributed by atoms with Gasteiger partial charge in [-0.3, -0.25) is 14.9 Å². The monoisotopic (exact) mass is 689 g/mol. The minimum absolute atomic E-state index is 0.0220. The predicted octanol–water partition coefficient (Wildman–Crippen LogP) is 5.38. The van der Waals surface area contributed by atoms with Crippen LogP contribution in [0.15, 0.2) is 67.0 Å². The van der Waals surface area contributed by atoms with E-state index >= 15 is 4.39 Å². The van der Waals surface area contributed by atoms with E-state index in [1.54, 1.807) is 42.5 Å². The number of aromatic amines is 1. The number of aromatic nitrogens is 6. The molecule has 0 radical (unpaired) electrons. The molecule has 1 aliphatic rings. The molecule has 1 aliphatic heterocycles. The lowest BCUT2D eigenvalue weighted by molar-refractivity contribution is -0.117. The molecule has 6 rings (SSSR count). The second kappa shape index (κ2) is 13.6. The van der Waals surface area contributed by atoms with Crippen molar-refractivity contribution >= 4 is 52.9 Å². The summed E-state index contributed by atoms with van der Waals surface area (Å²) in [6.07, 6.45) is 3.76. The summed E-state index contributed by atoms with van der Waals surface area (Å²) in [5.41, 5.74) is 3.44. The molecule has 0 fully saturated rings. The molecule has 1 atom stereocenters. The van der Waals surface area contributed by atoms with Gasteiger partial charge < -0.3 is 19.9 Å². The molecule has 244 valence electrons. The van der Waals surface area contributed by atoms with Crippen LogP contribution in [-0.4, -0.2) is 67.1 Å². The number of nitrogens with zero attached hydrogens (tertiary/aromatic N) is 6. The SMILES string of the molecule is COC(=O)Nc1ccc2c(c1)CN(C)C(=O)c1cc(ccc1F)C[C@H](NC(=O)/C=C/c1cc(Cl)ccc1-n1cnnn1)c1nc-2c(Cl)[nH]1. The van der Waals surface area contributed by atoms with Crippen LogP contribution in [-0.2, 0) is 22.5 Å². The maximum absolute atomic E-state index is 15.0. The summed E-state index contributed by atoms with van der Waals surface area (Å²) in [4.78, 5) is 48.0. The summed E-state index contributed by atoms with van der Waals surface area (Å²) in [5.74, 6) is -1.43. The number of imidazole rings is 1. The molecule has 3 heterocycles. The molecule has 13 nitrogen and oxygen atoms in total. The van der Waals surface area contributed by atoms with E-state index in [-0.39, 0.29) is 23.7 Å². The van der Waals surface area contributed by atoms with E-state index in [1.807, 2.05) is 0 Å². The Kier molecular flexibility index (Phi) is 9.19. The fraction of sp³-hybridized carbons (Fsp3) is 0.156. The Hall–Kier alpha value is -5.60. The Morgan fingerprint density at radius 3 is 2.71 bits per heavy atom. The average molecular weight is 691 g/mol. The first kappa shape index (κ1) is 32.3. The number of hydrogen-bond donors (Lipinski definition) is 3. The van der Waals surface area contributed by atoms with Gasteiger partial charge in [0.15, 0.2) is 0 Å². The zero-order valence-electron chi connectivity index (χ0n) is 25.4. The number of H-pyrrole nitrogens is 1. The second-order valence-corrected chi connectivity index (χ2v) is 11.6. The van der Waals surface area contributed by atoms with Gasteiger partial charge in [0, 0.05) is 41.5 Å². The van der Waals surface area contributed by atoms with Gasteiger partial charge in [-0.2, -0.15) is 4.68 Å². The minimum Gasteiger partial charge on any atom is -0.453 e. The molecule has 3 aromatic carbocycles. The van der Waals surface area contributed by atoms with Crippen molar-refractivity contribution in [2.75, 3.05) is 19.5 Å². The van der Waals surface area contributed by atoms with Crippen molar-refractivity contribution in [1.82, 2.24) is 40.4 Å². The Bertz CT molecular complexity index is 2070. The molecule has 2 aromatic heterocycles. The molecule has 0 saturated carbocycles. The van der Waals surface area contributed by atoms with E-state index in [2.05, 4.69) is 31.1 Å². The average Bonchev–Trinajstić information content (AvgIpc) is 3.74. The van der Waals surface area contributed by atoms with E-state index in [0.717, 1.165) is 0 Å². The summed E-state index contributed by atoms with van der Waals surface area (Å²) in [5, 5.41) is 17.4. The maximum Gasteiger partial charge on any atom is 0.411 e. The molecule has 0 saturated heterocycles. The fourth-order valence-corrected chi connectivity index (χ4v) is 5.71. The third kappa shape index (κ3) is 6.89. The molecule has 0 aliphatic carbocycles. The molecule has 3 amide bonds. The Labute approximate surface area is 282 Å². The molecule has 4 bridgehead atoms. The standard InChI is InChI=1S/C32H26Cl2FN9O4/c1-43-15-19-14-21(37-32(47)48-2)6-7-22(19)28-29(34)40-30(39-28)25(12-17-3-8-24(35)23(11-17)31(43)46)38-27(45)10-4-18-13-20(33)5-9-26(18)44-16-36-41-42-44/h3-11,13-14,16,25H,12,15H2,1-2H3,(H,37,47)(H,38,45)(H,39,40)/b10-4+/t25-/m0/s1. The number of tetrazole rings is 1. The van der Waals surface area contributed by atoms with Crippen LogP contribution in [0.2, 0.25) is 10.2 Å². The van der Waals surface area contributed by atoms with Gasteiger partial charge in [-0.1, -0.05) is 35.3 Å². The first-order valence-electron chi connectivity index (χ1n) is 14.4. The first-order chi connectivity index (χ1) is 23.1. The number of carbonyl (C=O) groups is 3. The van der Waals surface area contributed by atoms with Crippen LogP contribution in [0.4, 0.5) is 14.9 Å². The van der Waals surface area contributed by atoms with Crippen molar-refractivity contribution in [2.45, 2.75) is 19.0 Å². The van der Waals surface area contributed by atoms with E-state index in [9.17, 15) is 14.4 Å². The van der Waals surface area contributed by atoms with Gasteiger partial charge in [-0.15, -0.1) is 5.10 Å². The maximum atomic E-state index is 15.0. The fourth-order valence-electron chi connectivity index (χ4n) is 5.29. The van der Waals surface area contributed by atoms with E-state index in [1.165, 1.54) is 54.3 Å². The number of rotatable bonds is 5. The summed E-state index contributed by atoms with van der Waals surface area (Å²) >= 11 is 12.9. The van der Waals surface area contributed by atoms with Crippen molar-refractivity contribution in [3.05, 3.63) is 111 Å². The number of benzene rings is 3. The molecular weight excluding hydrogens is 664 g/mol. The van der Waals surface area contributed by atoms with Gasteiger partial charge in [0.05, 0.1) is 24.4 Å². The normalized spacial score (nSPS) is 14.5. The zero-order valence-corrected chi connectivity index (χ0v) is 26.9. The van der Waals surface area contributed by atoms with E-state index in [4.69, 9.17) is 32.9 Å². The zero-order chi connectivity index (χ0) is 33.9. The molecule has 0 unspecified atom stereocenters. The Balaban J connectivity index is 1.39. The van der Waals surface area contributed by atoms with Gasteiger partial charge in [0.1, 0.15) is 28.8 Å². The van der Waals surface area contributed by atoms with Gasteiger partial charge in [0.2, 0.25) is 5.91 Å². The lowest BCUT2D eigenvalue weighted by Crippen LogP contribution is -2.30. The highest BCUT2D eigenvalue weighted by Crippen LogP contribution is 2.34. The third-order valence-electron chi connectivity index (χ3n) is 7.57. The van der Waals surface area contributed by atoms with Crippen molar-refractivity contribution < 1.29 is 23.5 Å². The summed E-state index contributed by atoms with van der Waals surface area (Å²) in [6, 6.07) is 13.4. The van der Waals surface area contributed by atoms with Crippen LogP contribution in [0.5, 0.6) is 0 Å². The Morgan fingerprint density at radius 2 is 1.94 bits per heavy atom. The molecule has 3 N–H and O–H groups in total. The number of ether oxygens (including phenoxy) is 1. The van der Waals surface area contributed by atoms with E-state index in [0.29, 0.717) is 50.2 Å². The van der Waals surface area contributed by atoms with Crippen molar-refractivity contribution in [3.8, 4) is 16.9 Å². The number of fused-ring (bicyclic) bond motifs is 6. The Morgan fingerprint density at radius 1 is 1.10 bits per heavy atom. The summed E-state index contributed by atoms with van der Waals surface area (Å²) in [6.45, 7) is 0.0220. The topological polar surface area (TPSA) is 160 Å². The highest BCUT2D eigenvalue weighted by molar-refractivity contribution is 6.32. The van der Waals surface area contributed by atoms with Gasteiger partial charge in [-0.25, -0.2) is 14.2 Å². The first-order valence-corrected chi connectivity index (χ1v) is 15.1.